The van der Waals surface area contributed by atoms with E-state index < -0.39 is 5.97 Å². The van der Waals surface area contributed by atoms with Gasteiger partial charge < -0.3 is 14.1 Å². The molecule has 2 aromatic rings. The Balaban J connectivity index is 1.83. The van der Waals surface area contributed by atoms with E-state index in [2.05, 4.69) is 15.9 Å². The zero-order valence-electron chi connectivity index (χ0n) is 12.7. The molecule has 0 bridgehead atoms. The first-order chi connectivity index (χ1) is 11.0. The predicted molar refractivity (Wildman–Crippen MR) is 91.4 cm³/mol. The number of carbonyl (C=O) groups excluding carboxylic acids is 2. The predicted octanol–water partition coefficient (Wildman–Crippen LogP) is 3.58. The number of nitrogens with zero attached hydrogens (tertiary/aromatic N) is 1. The van der Waals surface area contributed by atoms with E-state index in [1.54, 1.807) is 24.9 Å². The number of hydrogen-bond donors (Lipinski definition) is 0. The molecule has 1 aromatic heterocycles. The molecule has 1 amide bonds. The molecular weight excluding hydrogens is 382 g/mol. The van der Waals surface area contributed by atoms with E-state index in [1.807, 2.05) is 30.5 Å². The second kappa shape index (κ2) is 8.21. The average Bonchev–Trinajstić information content (AvgIpc) is 2.99. The van der Waals surface area contributed by atoms with Crippen molar-refractivity contribution in [2.75, 3.05) is 19.9 Å². The molecule has 0 saturated carbocycles. The molecule has 0 atom stereocenters. The molecule has 1 aromatic carbocycles. The van der Waals surface area contributed by atoms with Gasteiger partial charge in [-0.05, 0) is 52.0 Å². The van der Waals surface area contributed by atoms with E-state index in [1.165, 1.54) is 15.9 Å². The van der Waals surface area contributed by atoms with Gasteiger partial charge in [0.05, 0.1) is 0 Å². The molecule has 0 saturated heterocycles. The van der Waals surface area contributed by atoms with Crippen molar-refractivity contribution in [2.45, 2.75) is 11.4 Å². The molecule has 0 unspecified atom stereocenters. The highest BCUT2D eigenvalue weighted by Crippen LogP contribution is 2.16. The van der Waals surface area contributed by atoms with Gasteiger partial charge in [0, 0.05) is 18.5 Å². The van der Waals surface area contributed by atoms with Crippen LogP contribution in [0.5, 0.6) is 0 Å². The molecule has 0 N–H and O–H groups in total. The van der Waals surface area contributed by atoms with Gasteiger partial charge >= 0.3 is 5.97 Å². The third-order valence-corrected chi connectivity index (χ3v) is 4.28. The Kier molecular flexibility index (Phi) is 6.29. The van der Waals surface area contributed by atoms with Gasteiger partial charge in [0.2, 0.25) is 5.76 Å². The lowest BCUT2D eigenvalue weighted by Crippen LogP contribution is -2.30. The average molecular weight is 398 g/mol. The number of esters is 1. The molecular formula is C16H16BrNO4S. The number of amides is 1. The van der Waals surface area contributed by atoms with E-state index in [9.17, 15) is 9.59 Å². The summed E-state index contributed by atoms with van der Waals surface area (Å²) < 4.78 is 10.5. The van der Waals surface area contributed by atoms with Crippen molar-refractivity contribution in [3.63, 3.8) is 0 Å². The van der Waals surface area contributed by atoms with Crippen molar-refractivity contribution < 1.29 is 18.7 Å². The molecule has 122 valence electrons. The van der Waals surface area contributed by atoms with E-state index in [4.69, 9.17) is 9.15 Å². The molecule has 7 heteroatoms. The van der Waals surface area contributed by atoms with Gasteiger partial charge in [-0.3, -0.25) is 4.79 Å². The molecule has 0 aliphatic carbocycles. The van der Waals surface area contributed by atoms with E-state index in [0.29, 0.717) is 11.2 Å². The van der Waals surface area contributed by atoms with Crippen LogP contribution in [0.25, 0.3) is 0 Å². The van der Waals surface area contributed by atoms with Crippen LogP contribution in [0, 0.1) is 0 Å². The highest BCUT2D eigenvalue weighted by atomic mass is 79.9. The molecule has 23 heavy (non-hydrogen) atoms. The molecule has 5 nitrogen and oxygen atoms in total. The summed E-state index contributed by atoms with van der Waals surface area (Å²) in [4.78, 5) is 26.4. The minimum absolute atomic E-state index is 0.0555. The number of thioether (sulfide) groups is 1. The maximum absolute atomic E-state index is 12.0. The number of likely N-dealkylation sites (N-methyl/N-ethyl adjacent to an activating group) is 1. The molecule has 0 aliphatic heterocycles. The first kappa shape index (κ1) is 17.6. The van der Waals surface area contributed by atoms with Crippen molar-refractivity contribution in [1.29, 1.82) is 0 Å². The normalized spacial score (nSPS) is 10.4. The fraction of sp³-hybridized carbons (Fsp3) is 0.250. The highest BCUT2D eigenvalue weighted by molar-refractivity contribution is 9.10. The van der Waals surface area contributed by atoms with Crippen LogP contribution in [-0.4, -0.2) is 36.7 Å². The Bertz CT molecular complexity index is 684. The number of benzene rings is 1. The third-order valence-electron chi connectivity index (χ3n) is 3.11. The summed E-state index contributed by atoms with van der Waals surface area (Å²) in [6.45, 7) is 0.133. The smallest absolute Gasteiger partial charge is 0.374 e. The Labute approximate surface area is 147 Å². The summed E-state index contributed by atoms with van der Waals surface area (Å²) in [5.41, 5.74) is 1.01. The van der Waals surface area contributed by atoms with Crippen LogP contribution in [0.3, 0.4) is 0 Å². The SMILES string of the molecule is CSc1ccc(CN(C)C(=O)COC(=O)c2ccc(Br)o2)cc1. The fourth-order valence-corrected chi connectivity index (χ4v) is 2.54. The molecule has 0 fully saturated rings. The van der Waals surface area contributed by atoms with Crippen molar-refractivity contribution >= 4 is 39.6 Å². The fourth-order valence-electron chi connectivity index (χ4n) is 1.83. The molecule has 0 spiro atoms. The topological polar surface area (TPSA) is 59.8 Å². The van der Waals surface area contributed by atoms with Crippen molar-refractivity contribution in [1.82, 2.24) is 4.90 Å². The Morgan fingerprint density at radius 1 is 1.22 bits per heavy atom. The number of hydrogen-bond acceptors (Lipinski definition) is 5. The van der Waals surface area contributed by atoms with Gasteiger partial charge in [0.15, 0.2) is 11.3 Å². The minimum atomic E-state index is -0.665. The maximum atomic E-state index is 12.0. The molecule has 0 radical (unpaired) electrons. The van der Waals surface area contributed by atoms with Crippen LogP contribution in [0.4, 0.5) is 0 Å². The quantitative estimate of drug-likeness (QED) is 0.550. The van der Waals surface area contributed by atoms with Gasteiger partial charge in [-0.25, -0.2) is 4.79 Å². The standard InChI is InChI=1S/C16H16BrNO4S/c1-18(9-11-3-5-12(23-2)6-4-11)15(19)10-21-16(20)13-7-8-14(17)22-13/h3-8H,9-10H2,1-2H3. The van der Waals surface area contributed by atoms with Crippen LogP contribution in [0.1, 0.15) is 16.1 Å². The van der Waals surface area contributed by atoms with Crippen LogP contribution in [0.2, 0.25) is 0 Å². The summed E-state index contributed by atoms with van der Waals surface area (Å²) >= 11 is 4.76. The second-order valence-corrected chi connectivity index (χ2v) is 6.44. The van der Waals surface area contributed by atoms with Gasteiger partial charge in [-0.15, -0.1) is 11.8 Å². The Morgan fingerprint density at radius 2 is 1.91 bits per heavy atom. The monoisotopic (exact) mass is 397 g/mol. The summed E-state index contributed by atoms with van der Waals surface area (Å²) in [5, 5.41) is 0. The number of ether oxygens (including phenoxy) is 1. The number of halogens is 1. The van der Waals surface area contributed by atoms with Crippen LogP contribution in [-0.2, 0) is 16.1 Å². The zero-order valence-corrected chi connectivity index (χ0v) is 15.1. The van der Waals surface area contributed by atoms with Crippen LogP contribution < -0.4 is 0 Å². The minimum Gasteiger partial charge on any atom is -0.450 e. The highest BCUT2D eigenvalue weighted by Gasteiger charge is 2.16. The lowest BCUT2D eigenvalue weighted by Gasteiger charge is -2.17. The van der Waals surface area contributed by atoms with Crippen LogP contribution in [0.15, 0.2) is 50.4 Å². The summed E-state index contributed by atoms with van der Waals surface area (Å²) in [6, 6.07) is 11.0. The Hall–Kier alpha value is -1.73. The third kappa shape index (κ3) is 5.14. The molecule has 1 heterocycles. The van der Waals surface area contributed by atoms with Crippen LogP contribution >= 0.6 is 27.7 Å². The molecule has 0 aliphatic rings. The van der Waals surface area contributed by atoms with E-state index >= 15 is 0 Å². The van der Waals surface area contributed by atoms with Crippen molar-refractivity contribution in [2.24, 2.45) is 0 Å². The number of carbonyl (C=O) groups is 2. The summed E-state index contributed by atoms with van der Waals surface area (Å²) in [5.74, 6) is -0.889. The maximum Gasteiger partial charge on any atom is 0.374 e. The number of rotatable bonds is 6. The van der Waals surface area contributed by atoms with Crippen molar-refractivity contribution in [3.8, 4) is 0 Å². The zero-order chi connectivity index (χ0) is 16.8. The summed E-state index contributed by atoms with van der Waals surface area (Å²) in [7, 11) is 1.67. The lowest BCUT2D eigenvalue weighted by atomic mass is 10.2. The Morgan fingerprint density at radius 3 is 2.48 bits per heavy atom. The van der Waals surface area contributed by atoms with Gasteiger partial charge in [0.25, 0.3) is 5.91 Å². The summed E-state index contributed by atoms with van der Waals surface area (Å²) in [6.07, 6.45) is 2.01. The molecule has 2 rings (SSSR count). The van der Waals surface area contributed by atoms with Crippen molar-refractivity contribution in [3.05, 3.63) is 52.4 Å². The van der Waals surface area contributed by atoms with E-state index in [0.717, 1.165) is 5.56 Å². The van der Waals surface area contributed by atoms with Gasteiger partial charge in [0.1, 0.15) is 0 Å². The van der Waals surface area contributed by atoms with Gasteiger partial charge in [-0.2, -0.15) is 0 Å². The lowest BCUT2D eigenvalue weighted by molar-refractivity contribution is -0.133. The van der Waals surface area contributed by atoms with E-state index in [-0.39, 0.29) is 18.3 Å². The largest absolute Gasteiger partial charge is 0.450 e. The van der Waals surface area contributed by atoms with Gasteiger partial charge in [-0.1, -0.05) is 12.1 Å². The first-order valence-corrected chi connectivity index (χ1v) is 8.80. The number of furan rings is 1. The second-order valence-electron chi connectivity index (χ2n) is 4.78. The first-order valence-electron chi connectivity index (χ1n) is 6.79.